The minimum Gasteiger partial charge on any atom is -0.508 e. The number of allylic oxidation sites excluding steroid dienone is 2. The van der Waals surface area contributed by atoms with Crippen molar-refractivity contribution in [3.8, 4) is 11.5 Å². The number of amides is 4. The third-order valence-corrected chi connectivity index (χ3v) is 12.5. The molecule has 3 heterocycles. The van der Waals surface area contributed by atoms with E-state index in [9.17, 15) is 37.8 Å². The van der Waals surface area contributed by atoms with Gasteiger partial charge in [-0.1, -0.05) is 75.0 Å². The molecule has 8 rings (SSSR count). The van der Waals surface area contributed by atoms with Crippen molar-refractivity contribution in [3.05, 3.63) is 127 Å². The van der Waals surface area contributed by atoms with Gasteiger partial charge in [-0.25, -0.2) is 4.98 Å². The Labute approximate surface area is 336 Å². The van der Waals surface area contributed by atoms with Gasteiger partial charge in [-0.05, 0) is 84.8 Å². The van der Waals surface area contributed by atoms with Gasteiger partial charge < -0.3 is 10.2 Å². The molecule has 0 spiro atoms. The molecule has 3 N–H and O–H groups in total. The van der Waals surface area contributed by atoms with E-state index in [1.807, 2.05) is 6.08 Å². The number of hydrogen-bond donors (Lipinski definition) is 3. The number of fused-ring (bicyclic) bond motifs is 4. The topological polar surface area (TPSA) is 140 Å². The van der Waals surface area contributed by atoms with Crippen LogP contribution < -0.4 is 5.43 Å². The number of nitrogens with zero attached hydrogens (tertiary/aromatic N) is 3. The smallest absolute Gasteiger partial charge is 0.417 e. The molecule has 56 heavy (non-hydrogen) atoms. The van der Waals surface area contributed by atoms with E-state index in [0.29, 0.717) is 44.3 Å². The fraction of sp³-hybridized carbons (Fsp3) is 0.275. The number of hydrogen-bond acceptors (Lipinski definition) is 8. The van der Waals surface area contributed by atoms with Crippen LogP contribution in [0.5, 0.6) is 11.5 Å². The Bertz CT molecular complexity index is 2340. The number of hydrazine groups is 1. The molecule has 4 aromatic rings. The van der Waals surface area contributed by atoms with Crippen molar-refractivity contribution in [3.63, 3.8) is 0 Å². The first-order valence-corrected chi connectivity index (χ1v) is 19.1. The maximum absolute atomic E-state index is 15.3. The summed E-state index contributed by atoms with van der Waals surface area (Å²) in [5, 5.41) is 21.8. The average molecular weight is 871 g/mol. The number of pyridine rings is 1. The zero-order chi connectivity index (χ0) is 39.8. The molecule has 10 nitrogen and oxygen atoms in total. The van der Waals surface area contributed by atoms with Gasteiger partial charge in [0.1, 0.15) is 11.5 Å². The Balaban J connectivity index is 1.26. The van der Waals surface area contributed by atoms with Crippen LogP contribution in [-0.2, 0) is 37.2 Å². The number of phenolic OH excluding ortho intramolecular Hbond substituents is 2. The largest absolute Gasteiger partial charge is 0.508 e. The summed E-state index contributed by atoms with van der Waals surface area (Å²) in [6.07, 6.45) is -1.97. The number of halogens is 6. The minimum atomic E-state index is -4.76. The Hall–Kier alpha value is -4.92. The molecule has 3 aromatic carbocycles. The van der Waals surface area contributed by atoms with Crippen LogP contribution >= 0.6 is 39.1 Å². The van der Waals surface area contributed by atoms with E-state index in [1.165, 1.54) is 23.1 Å². The SMILES string of the molecule is O=C1[C@H]2[C@H](CC=C3[C@H]2C[C@H]2C(=O)N(Nc4ncc(C(F)(F)F)cc4Cl)C(=O)[C@@]2(c2ccc(Cl)cc2)[C@H]3c2cc(Br)ccc2O)C(=O)N1CCc1ccc(O)cc1. The molecule has 1 aromatic heterocycles. The van der Waals surface area contributed by atoms with E-state index < -0.39 is 69.5 Å². The van der Waals surface area contributed by atoms with Crippen LogP contribution in [0.15, 0.2) is 95.1 Å². The summed E-state index contributed by atoms with van der Waals surface area (Å²) in [5.41, 5.74) is 1.67. The van der Waals surface area contributed by atoms with Crippen molar-refractivity contribution in [2.45, 2.75) is 36.8 Å². The van der Waals surface area contributed by atoms with Crippen molar-refractivity contribution in [1.29, 1.82) is 0 Å². The number of likely N-dealkylation sites (tertiary alicyclic amines) is 1. The highest BCUT2D eigenvalue weighted by molar-refractivity contribution is 9.10. The molecule has 3 fully saturated rings. The van der Waals surface area contributed by atoms with Crippen LogP contribution in [0.25, 0.3) is 0 Å². The number of alkyl halides is 3. The number of imide groups is 2. The second-order valence-electron chi connectivity index (χ2n) is 14.4. The van der Waals surface area contributed by atoms with Gasteiger partial charge in [0, 0.05) is 33.7 Å². The molecule has 288 valence electrons. The molecule has 2 saturated heterocycles. The first kappa shape index (κ1) is 38.0. The molecule has 0 radical (unpaired) electrons. The second-order valence-corrected chi connectivity index (χ2v) is 16.1. The number of aromatic nitrogens is 1. The van der Waals surface area contributed by atoms with E-state index in [4.69, 9.17) is 23.2 Å². The zero-order valence-electron chi connectivity index (χ0n) is 28.9. The van der Waals surface area contributed by atoms with Gasteiger partial charge in [-0.2, -0.15) is 18.2 Å². The summed E-state index contributed by atoms with van der Waals surface area (Å²) >= 11 is 16.1. The maximum atomic E-state index is 15.3. The highest BCUT2D eigenvalue weighted by Crippen LogP contribution is 2.65. The normalized spacial score (nSPS) is 25.9. The monoisotopic (exact) mass is 868 g/mol. The predicted octanol–water partition coefficient (Wildman–Crippen LogP) is 7.81. The fourth-order valence-electron chi connectivity index (χ4n) is 9.07. The first-order chi connectivity index (χ1) is 26.6. The summed E-state index contributed by atoms with van der Waals surface area (Å²) in [7, 11) is 0. The maximum Gasteiger partial charge on any atom is 0.417 e. The standard InChI is InChI=1S/C40H30BrCl2F3N4O6/c41-22-5-12-31(52)28(16-22)33-25-10-11-26-32(37(55)49(35(26)53)14-13-19-1-8-24(51)9-2-19)27(25)17-29-36(54)50(38(56)39(29,33)20-3-6-23(42)7-4-20)48-34-30(43)15-21(18-47-34)40(44,45)46/h1-10,12,15-16,18,26-27,29,32-33,51-52H,11,13-14,17H2,(H,47,48)/t26-,27+,29-,32-,33+,39+/m0/s1. The molecule has 2 aliphatic carbocycles. The summed E-state index contributed by atoms with van der Waals surface area (Å²) in [6, 6.07) is 18.1. The lowest BCUT2D eigenvalue weighted by atomic mass is 9.49. The number of carbonyl (C=O) groups excluding carboxylic acids is 4. The van der Waals surface area contributed by atoms with Gasteiger partial charge >= 0.3 is 6.18 Å². The second kappa shape index (κ2) is 13.9. The predicted molar refractivity (Wildman–Crippen MR) is 201 cm³/mol. The molecule has 6 atom stereocenters. The summed E-state index contributed by atoms with van der Waals surface area (Å²) in [4.78, 5) is 63.5. The van der Waals surface area contributed by atoms with Crippen molar-refractivity contribution in [2.24, 2.45) is 23.7 Å². The van der Waals surface area contributed by atoms with E-state index in [-0.39, 0.29) is 48.2 Å². The van der Waals surface area contributed by atoms with Gasteiger partial charge in [0.15, 0.2) is 5.82 Å². The van der Waals surface area contributed by atoms with Crippen molar-refractivity contribution < 1.29 is 42.6 Å². The van der Waals surface area contributed by atoms with E-state index in [0.717, 1.165) is 5.56 Å². The molecule has 4 aliphatic rings. The van der Waals surface area contributed by atoms with Crippen LogP contribution in [0.3, 0.4) is 0 Å². The number of aromatic hydroxyl groups is 2. The Morgan fingerprint density at radius 2 is 1.62 bits per heavy atom. The number of nitrogens with one attached hydrogen (secondary N) is 1. The van der Waals surface area contributed by atoms with Crippen molar-refractivity contribution in [2.75, 3.05) is 12.0 Å². The zero-order valence-corrected chi connectivity index (χ0v) is 32.0. The Morgan fingerprint density at radius 3 is 2.30 bits per heavy atom. The van der Waals surface area contributed by atoms with Gasteiger partial charge in [0.25, 0.3) is 11.8 Å². The van der Waals surface area contributed by atoms with Crippen molar-refractivity contribution in [1.82, 2.24) is 14.9 Å². The van der Waals surface area contributed by atoms with E-state index in [1.54, 1.807) is 48.5 Å². The summed E-state index contributed by atoms with van der Waals surface area (Å²) in [5.74, 6) is -7.53. The molecular weight excluding hydrogens is 840 g/mol. The summed E-state index contributed by atoms with van der Waals surface area (Å²) < 4.78 is 41.0. The van der Waals surface area contributed by atoms with Gasteiger partial charge in [-0.15, -0.1) is 0 Å². The summed E-state index contributed by atoms with van der Waals surface area (Å²) in [6.45, 7) is 0.0848. The van der Waals surface area contributed by atoms with Crippen LogP contribution in [0.1, 0.15) is 41.0 Å². The Morgan fingerprint density at radius 1 is 0.911 bits per heavy atom. The molecule has 1 saturated carbocycles. The Kier molecular flexibility index (Phi) is 9.44. The van der Waals surface area contributed by atoms with Crippen LogP contribution in [0.4, 0.5) is 19.0 Å². The molecule has 2 aliphatic heterocycles. The van der Waals surface area contributed by atoms with Gasteiger partial charge in [0.2, 0.25) is 11.8 Å². The lowest BCUT2D eigenvalue weighted by Crippen LogP contribution is -2.53. The van der Waals surface area contributed by atoms with Crippen molar-refractivity contribution >= 4 is 68.6 Å². The molecule has 0 unspecified atom stereocenters. The lowest BCUT2D eigenvalue weighted by Gasteiger charge is -2.50. The molecule has 0 bridgehead atoms. The average Bonchev–Trinajstić information content (AvgIpc) is 3.53. The minimum absolute atomic E-state index is 0.0668. The van der Waals surface area contributed by atoms with Crippen LogP contribution in [0.2, 0.25) is 10.0 Å². The first-order valence-electron chi connectivity index (χ1n) is 17.6. The number of benzene rings is 3. The van der Waals surface area contributed by atoms with Gasteiger partial charge in [0.05, 0.1) is 33.8 Å². The molecular formula is C40H30BrCl2F3N4O6. The third-order valence-electron chi connectivity index (χ3n) is 11.5. The number of phenols is 2. The number of anilines is 1. The number of carbonyl (C=O) groups is 4. The van der Waals surface area contributed by atoms with Crippen LogP contribution in [-0.4, -0.2) is 55.3 Å². The molecule has 16 heteroatoms. The highest BCUT2D eigenvalue weighted by atomic mass is 79.9. The fourth-order valence-corrected chi connectivity index (χ4v) is 9.79. The highest BCUT2D eigenvalue weighted by Gasteiger charge is 2.70. The van der Waals surface area contributed by atoms with E-state index in [2.05, 4.69) is 26.3 Å². The quantitative estimate of drug-likeness (QED) is 0.126. The van der Waals surface area contributed by atoms with Crippen LogP contribution in [0, 0.1) is 23.7 Å². The molecule has 4 amide bonds. The number of rotatable bonds is 7. The van der Waals surface area contributed by atoms with E-state index >= 15 is 4.79 Å². The lowest BCUT2D eigenvalue weighted by molar-refractivity contribution is -0.141. The third kappa shape index (κ3) is 6.04. The van der Waals surface area contributed by atoms with Gasteiger partial charge in [-0.3, -0.25) is 29.5 Å².